The number of nitrogens with zero attached hydrogens (tertiary/aromatic N) is 4. The first-order valence-electron chi connectivity index (χ1n) is 8.56. The van der Waals surface area contributed by atoms with Crippen LogP contribution < -0.4 is 10.2 Å². The summed E-state index contributed by atoms with van der Waals surface area (Å²) in [5.74, 6) is 1.83. The van der Waals surface area contributed by atoms with Gasteiger partial charge in [-0.3, -0.25) is 10.1 Å². The highest BCUT2D eigenvalue weighted by Crippen LogP contribution is 2.24. The fraction of sp³-hybridized carbons (Fsp3) is 0.333. The van der Waals surface area contributed by atoms with Crippen LogP contribution in [0.3, 0.4) is 0 Å². The van der Waals surface area contributed by atoms with Crippen molar-refractivity contribution >= 4 is 17.6 Å². The van der Waals surface area contributed by atoms with Gasteiger partial charge in [0.2, 0.25) is 11.8 Å². The molecule has 1 amide bonds. The quantitative estimate of drug-likeness (QED) is 0.770. The lowest BCUT2D eigenvalue weighted by molar-refractivity contribution is -0.120. The van der Waals surface area contributed by atoms with Crippen molar-refractivity contribution in [1.29, 1.82) is 0 Å². The number of amides is 1. The van der Waals surface area contributed by atoms with Gasteiger partial charge >= 0.3 is 0 Å². The van der Waals surface area contributed by atoms with E-state index in [0.717, 1.165) is 37.4 Å². The van der Waals surface area contributed by atoms with Gasteiger partial charge in [0.15, 0.2) is 11.6 Å². The summed E-state index contributed by atoms with van der Waals surface area (Å²) in [7, 11) is 0. The number of aromatic nitrogens is 3. The van der Waals surface area contributed by atoms with Crippen LogP contribution in [0.15, 0.2) is 45.5 Å². The number of hydrogen-bond acceptors (Lipinski definition) is 7. The lowest BCUT2D eigenvalue weighted by Gasteiger charge is -2.31. The molecule has 1 aliphatic rings. The minimum atomic E-state index is -0.0491. The molecule has 1 N–H and O–H groups in total. The standard InChI is InChI=1S/C18H19N5O3/c1-12-11-17(26-22-12)19-18(24)13-6-8-23(9-7-13)16-5-4-14(20-21-16)15-3-2-10-25-15/h2-5,10-11,13H,6-9H2,1H3,(H,19,24). The van der Waals surface area contributed by atoms with Crippen molar-refractivity contribution in [1.82, 2.24) is 15.4 Å². The Balaban J connectivity index is 1.33. The molecule has 0 spiro atoms. The van der Waals surface area contributed by atoms with Crippen molar-refractivity contribution in [2.24, 2.45) is 5.92 Å². The predicted octanol–water partition coefficient (Wildman–Crippen LogP) is 2.89. The maximum absolute atomic E-state index is 12.3. The van der Waals surface area contributed by atoms with Gasteiger partial charge < -0.3 is 13.8 Å². The molecular formula is C18H19N5O3. The zero-order valence-corrected chi connectivity index (χ0v) is 14.4. The molecule has 8 nitrogen and oxygen atoms in total. The van der Waals surface area contributed by atoms with Gasteiger partial charge in [0.1, 0.15) is 5.69 Å². The van der Waals surface area contributed by atoms with E-state index in [9.17, 15) is 4.79 Å². The zero-order valence-electron chi connectivity index (χ0n) is 14.4. The number of hydrogen-bond donors (Lipinski definition) is 1. The van der Waals surface area contributed by atoms with Crippen LogP contribution in [0.1, 0.15) is 18.5 Å². The minimum Gasteiger partial charge on any atom is -0.463 e. The van der Waals surface area contributed by atoms with Crippen LogP contribution in [0.25, 0.3) is 11.5 Å². The van der Waals surface area contributed by atoms with Gasteiger partial charge in [-0.05, 0) is 44.0 Å². The smallest absolute Gasteiger partial charge is 0.231 e. The molecule has 1 aliphatic heterocycles. The van der Waals surface area contributed by atoms with E-state index < -0.39 is 0 Å². The number of carbonyl (C=O) groups excluding carboxylic acids is 1. The van der Waals surface area contributed by atoms with Crippen molar-refractivity contribution in [2.75, 3.05) is 23.3 Å². The summed E-state index contributed by atoms with van der Waals surface area (Å²) in [6, 6.07) is 9.21. The van der Waals surface area contributed by atoms with E-state index in [1.807, 2.05) is 31.2 Å². The molecule has 1 saturated heterocycles. The third-order valence-electron chi connectivity index (χ3n) is 4.49. The molecule has 0 atom stereocenters. The number of piperidine rings is 1. The van der Waals surface area contributed by atoms with Gasteiger partial charge in [0, 0.05) is 25.1 Å². The highest BCUT2D eigenvalue weighted by atomic mass is 16.5. The maximum Gasteiger partial charge on any atom is 0.231 e. The van der Waals surface area contributed by atoms with Gasteiger partial charge in [0.05, 0.1) is 12.0 Å². The Bertz CT molecular complexity index is 865. The molecule has 0 aromatic carbocycles. The van der Waals surface area contributed by atoms with Gasteiger partial charge in [-0.1, -0.05) is 5.16 Å². The maximum atomic E-state index is 12.3. The van der Waals surface area contributed by atoms with E-state index in [2.05, 4.69) is 25.6 Å². The summed E-state index contributed by atoms with van der Waals surface area (Å²) in [5, 5.41) is 15.1. The van der Waals surface area contributed by atoms with Crippen LogP contribution in [0.4, 0.5) is 11.7 Å². The third-order valence-corrected chi connectivity index (χ3v) is 4.49. The summed E-state index contributed by atoms with van der Waals surface area (Å²) >= 11 is 0. The van der Waals surface area contributed by atoms with Crippen LogP contribution >= 0.6 is 0 Å². The fourth-order valence-corrected chi connectivity index (χ4v) is 3.07. The van der Waals surface area contributed by atoms with Gasteiger partial charge in [-0.25, -0.2) is 0 Å². The Kier molecular flexibility index (Phi) is 4.39. The van der Waals surface area contributed by atoms with Crippen molar-refractivity contribution in [3.8, 4) is 11.5 Å². The first-order chi connectivity index (χ1) is 12.7. The van der Waals surface area contributed by atoms with E-state index in [0.29, 0.717) is 17.3 Å². The minimum absolute atomic E-state index is 0.0277. The number of anilines is 2. The van der Waals surface area contributed by atoms with Crippen molar-refractivity contribution in [2.45, 2.75) is 19.8 Å². The number of carbonyl (C=O) groups is 1. The van der Waals surface area contributed by atoms with Crippen molar-refractivity contribution in [3.63, 3.8) is 0 Å². The first-order valence-corrected chi connectivity index (χ1v) is 8.56. The number of rotatable bonds is 4. The Labute approximate surface area is 150 Å². The van der Waals surface area contributed by atoms with E-state index >= 15 is 0 Å². The lowest BCUT2D eigenvalue weighted by Crippen LogP contribution is -2.38. The molecule has 3 aromatic rings. The molecule has 0 aliphatic carbocycles. The fourth-order valence-electron chi connectivity index (χ4n) is 3.07. The molecule has 134 valence electrons. The molecule has 0 saturated carbocycles. The normalized spacial score (nSPS) is 15.2. The second kappa shape index (κ2) is 6.99. The molecule has 3 aromatic heterocycles. The Morgan fingerprint density at radius 3 is 2.69 bits per heavy atom. The molecular weight excluding hydrogens is 334 g/mol. The average molecular weight is 353 g/mol. The van der Waals surface area contributed by atoms with Crippen molar-refractivity contribution in [3.05, 3.63) is 42.3 Å². The molecule has 8 heteroatoms. The van der Waals surface area contributed by atoms with Crippen LogP contribution in [0.2, 0.25) is 0 Å². The molecule has 4 heterocycles. The largest absolute Gasteiger partial charge is 0.463 e. The van der Waals surface area contributed by atoms with E-state index in [1.165, 1.54) is 0 Å². The predicted molar refractivity (Wildman–Crippen MR) is 94.5 cm³/mol. The molecule has 0 unspecified atom stereocenters. The topological polar surface area (TPSA) is 97.3 Å². The number of aryl methyl sites for hydroxylation is 1. The molecule has 0 bridgehead atoms. The Hall–Kier alpha value is -3.16. The first kappa shape index (κ1) is 16.3. The highest BCUT2D eigenvalue weighted by Gasteiger charge is 2.26. The van der Waals surface area contributed by atoms with Crippen LogP contribution in [0.5, 0.6) is 0 Å². The summed E-state index contributed by atoms with van der Waals surface area (Å²) in [5.41, 5.74) is 1.45. The Morgan fingerprint density at radius 1 is 1.23 bits per heavy atom. The summed E-state index contributed by atoms with van der Waals surface area (Å²) in [4.78, 5) is 14.5. The molecule has 4 rings (SSSR count). The van der Waals surface area contributed by atoms with E-state index in [4.69, 9.17) is 8.94 Å². The summed E-state index contributed by atoms with van der Waals surface area (Å²) < 4.78 is 10.4. The van der Waals surface area contributed by atoms with E-state index in [1.54, 1.807) is 12.3 Å². The average Bonchev–Trinajstić information content (AvgIpc) is 3.34. The highest BCUT2D eigenvalue weighted by molar-refractivity contribution is 5.91. The second-order valence-corrected chi connectivity index (χ2v) is 6.34. The van der Waals surface area contributed by atoms with Crippen molar-refractivity contribution < 1.29 is 13.7 Å². The number of nitrogens with one attached hydrogen (secondary N) is 1. The lowest BCUT2D eigenvalue weighted by atomic mass is 9.96. The SMILES string of the molecule is Cc1cc(NC(=O)C2CCN(c3ccc(-c4ccco4)nn3)CC2)on1. The van der Waals surface area contributed by atoms with Crippen LogP contribution in [-0.2, 0) is 4.79 Å². The second-order valence-electron chi connectivity index (χ2n) is 6.34. The summed E-state index contributed by atoms with van der Waals surface area (Å²) in [6.45, 7) is 3.32. The van der Waals surface area contributed by atoms with Gasteiger partial charge in [0.25, 0.3) is 0 Å². The van der Waals surface area contributed by atoms with Crippen LogP contribution in [0, 0.1) is 12.8 Å². The third kappa shape index (κ3) is 3.44. The van der Waals surface area contributed by atoms with E-state index in [-0.39, 0.29) is 11.8 Å². The van der Waals surface area contributed by atoms with Gasteiger partial charge in [-0.15, -0.1) is 10.2 Å². The molecule has 1 fully saturated rings. The van der Waals surface area contributed by atoms with Crippen LogP contribution in [-0.4, -0.2) is 34.4 Å². The Morgan fingerprint density at radius 2 is 2.08 bits per heavy atom. The monoisotopic (exact) mass is 353 g/mol. The summed E-state index contributed by atoms with van der Waals surface area (Å²) in [6.07, 6.45) is 3.11. The zero-order chi connectivity index (χ0) is 17.9. The molecule has 0 radical (unpaired) electrons. The number of furan rings is 1. The van der Waals surface area contributed by atoms with Gasteiger partial charge in [-0.2, -0.15) is 0 Å². The molecule has 26 heavy (non-hydrogen) atoms.